The average molecular weight is 430 g/mol. The number of carbonyl (C=O) groups excluding carboxylic acids is 1. The van der Waals surface area contributed by atoms with Gasteiger partial charge in [-0.3, -0.25) is 9.89 Å². The van der Waals surface area contributed by atoms with Gasteiger partial charge in [0.1, 0.15) is 6.26 Å². The van der Waals surface area contributed by atoms with E-state index in [1.807, 2.05) is 54.7 Å². The van der Waals surface area contributed by atoms with Crippen molar-refractivity contribution in [2.45, 2.75) is 10.8 Å². The van der Waals surface area contributed by atoms with Crippen LogP contribution >= 0.6 is 11.9 Å². The van der Waals surface area contributed by atoms with Crippen molar-refractivity contribution in [3.05, 3.63) is 84.8 Å². The first-order chi connectivity index (χ1) is 15.3. The summed E-state index contributed by atoms with van der Waals surface area (Å²) in [6.45, 7) is 0.334. The summed E-state index contributed by atoms with van der Waals surface area (Å²) in [6, 6.07) is 15.7. The second kappa shape index (κ2) is 8.49. The van der Waals surface area contributed by atoms with Gasteiger partial charge in [0.2, 0.25) is 11.7 Å². The Morgan fingerprint density at radius 3 is 2.84 bits per heavy atom. The minimum Gasteiger partial charge on any atom is -0.448 e. The number of oxazole rings is 1. The zero-order valence-electron chi connectivity index (χ0n) is 16.3. The van der Waals surface area contributed by atoms with Crippen molar-refractivity contribution in [2.24, 2.45) is 4.99 Å². The van der Waals surface area contributed by atoms with Crippen molar-refractivity contribution in [1.82, 2.24) is 25.2 Å². The monoisotopic (exact) mass is 430 g/mol. The number of nitrogens with zero attached hydrogens (tertiary/aromatic N) is 3. The Labute approximate surface area is 182 Å². The molecule has 1 unspecified atom stereocenters. The minimum absolute atomic E-state index is 0.193. The van der Waals surface area contributed by atoms with Crippen molar-refractivity contribution >= 4 is 29.4 Å². The van der Waals surface area contributed by atoms with E-state index in [0.717, 1.165) is 27.3 Å². The predicted molar refractivity (Wildman–Crippen MR) is 118 cm³/mol. The molecule has 1 atom stereocenters. The van der Waals surface area contributed by atoms with Gasteiger partial charge in [0.25, 0.3) is 5.91 Å². The number of aromatic amines is 1. The molecule has 0 fully saturated rings. The van der Waals surface area contributed by atoms with Gasteiger partial charge in [-0.2, -0.15) is 5.10 Å². The van der Waals surface area contributed by atoms with Crippen LogP contribution in [0, 0.1) is 0 Å². The smallest absolute Gasteiger partial charge is 0.287 e. The molecule has 1 amide bonds. The molecule has 1 aliphatic heterocycles. The van der Waals surface area contributed by atoms with Crippen LogP contribution in [0.4, 0.5) is 5.69 Å². The Kier molecular flexibility index (Phi) is 5.24. The summed E-state index contributed by atoms with van der Waals surface area (Å²) in [5.41, 5.74) is 3.78. The van der Waals surface area contributed by atoms with E-state index in [4.69, 9.17) is 4.42 Å². The fraction of sp³-hybridized carbons (Fsp3) is 0.0909. The topological polar surface area (TPSA) is 108 Å². The minimum atomic E-state index is -0.287. The summed E-state index contributed by atoms with van der Waals surface area (Å²) in [5.74, 6) is 0.329. The van der Waals surface area contributed by atoms with Crippen LogP contribution in [0.15, 0.2) is 87.7 Å². The largest absolute Gasteiger partial charge is 0.448 e. The predicted octanol–water partition coefficient (Wildman–Crippen LogP) is 3.65. The number of rotatable bonds is 6. The number of fused-ring (bicyclic) bond motifs is 1. The zero-order chi connectivity index (χ0) is 21.0. The lowest BCUT2D eigenvalue weighted by atomic mass is 9.99. The maximum atomic E-state index is 12.8. The molecule has 3 N–H and O–H groups in total. The maximum absolute atomic E-state index is 12.8. The lowest BCUT2D eigenvalue weighted by Crippen LogP contribution is -2.40. The van der Waals surface area contributed by atoms with Crippen LogP contribution < -0.4 is 10.0 Å². The van der Waals surface area contributed by atoms with Gasteiger partial charge in [-0.1, -0.05) is 36.4 Å². The maximum Gasteiger partial charge on any atom is 0.287 e. The van der Waals surface area contributed by atoms with E-state index in [0.29, 0.717) is 12.4 Å². The van der Waals surface area contributed by atoms with Crippen molar-refractivity contribution in [3.63, 3.8) is 0 Å². The second-order valence-electron chi connectivity index (χ2n) is 6.88. The fourth-order valence-corrected chi connectivity index (χ4v) is 4.09. The highest BCUT2D eigenvalue weighted by Gasteiger charge is 2.23. The zero-order valence-corrected chi connectivity index (χ0v) is 17.1. The average Bonchev–Trinajstić information content (AvgIpc) is 3.54. The summed E-state index contributed by atoms with van der Waals surface area (Å²) < 4.78 is 8.54. The number of carbonyl (C=O) groups is 1. The van der Waals surface area contributed by atoms with Crippen LogP contribution in [0.1, 0.15) is 17.4 Å². The SMILES string of the molecule is O=C(NCC(c1ccccc1)c1ncco1)C1=Nc2ccc(-c3cn[nH]c3)cc2SN1. The Bertz CT molecular complexity index is 1210. The molecule has 1 aliphatic rings. The number of nitrogens with one attached hydrogen (secondary N) is 3. The molecule has 0 radical (unpaired) electrons. The van der Waals surface area contributed by atoms with Crippen LogP contribution in [0.3, 0.4) is 0 Å². The van der Waals surface area contributed by atoms with Gasteiger partial charge < -0.3 is 14.5 Å². The molecule has 2 aromatic heterocycles. The van der Waals surface area contributed by atoms with Crippen LogP contribution in [0.5, 0.6) is 0 Å². The number of amides is 1. The second-order valence-corrected chi connectivity index (χ2v) is 7.73. The Balaban J connectivity index is 1.31. The third-order valence-electron chi connectivity index (χ3n) is 4.91. The highest BCUT2D eigenvalue weighted by Crippen LogP contribution is 2.35. The molecule has 0 aliphatic carbocycles. The molecule has 31 heavy (non-hydrogen) atoms. The van der Waals surface area contributed by atoms with Gasteiger partial charge in [-0.15, -0.1) is 0 Å². The molecule has 0 bridgehead atoms. The first-order valence-electron chi connectivity index (χ1n) is 9.65. The highest BCUT2D eigenvalue weighted by atomic mass is 32.2. The molecule has 4 aromatic rings. The van der Waals surface area contributed by atoms with Gasteiger partial charge in [-0.05, 0) is 35.2 Å². The molecule has 5 rings (SSSR count). The van der Waals surface area contributed by atoms with Crippen molar-refractivity contribution < 1.29 is 9.21 Å². The standard InChI is InChI=1S/C22H18N6O2S/c29-21(24-13-17(22-23-8-9-30-22)14-4-2-1-3-5-14)20-27-18-7-6-15(10-19(18)31-28-20)16-11-25-26-12-16/h1-12,17H,13H2,(H,24,29)(H,25,26)(H,27,28). The molecule has 0 spiro atoms. The molecule has 9 heteroatoms. The van der Waals surface area contributed by atoms with Crippen LogP contribution in [0.25, 0.3) is 11.1 Å². The fourth-order valence-electron chi connectivity index (χ4n) is 3.34. The Morgan fingerprint density at radius 1 is 1.16 bits per heavy atom. The molecule has 2 aromatic carbocycles. The normalized spacial score (nSPS) is 13.6. The summed E-state index contributed by atoms with van der Waals surface area (Å²) in [5, 5.41) is 9.74. The van der Waals surface area contributed by atoms with E-state index in [1.54, 1.807) is 12.4 Å². The number of H-pyrrole nitrogens is 1. The number of amidine groups is 1. The Morgan fingerprint density at radius 2 is 2.06 bits per heavy atom. The van der Waals surface area contributed by atoms with Crippen molar-refractivity contribution in [1.29, 1.82) is 0 Å². The first kappa shape index (κ1) is 19.1. The van der Waals surface area contributed by atoms with Gasteiger partial charge in [-0.25, -0.2) is 9.98 Å². The lowest BCUT2D eigenvalue weighted by Gasteiger charge is -2.19. The van der Waals surface area contributed by atoms with Crippen LogP contribution in [-0.4, -0.2) is 33.5 Å². The number of aliphatic imine (C=N–C) groups is 1. The van der Waals surface area contributed by atoms with Gasteiger partial charge in [0.05, 0.1) is 28.9 Å². The first-order valence-corrected chi connectivity index (χ1v) is 10.5. The van der Waals surface area contributed by atoms with Gasteiger partial charge in [0, 0.05) is 18.3 Å². The third kappa shape index (κ3) is 4.08. The van der Waals surface area contributed by atoms with Crippen LogP contribution in [-0.2, 0) is 4.79 Å². The summed E-state index contributed by atoms with van der Waals surface area (Å²) >= 11 is 1.36. The van der Waals surface area contributed by atoms with E-state index >= 15 is 0 Å². The molecule has 0 saturated carbocycles. The van der Waals surface area contributed by atoms with E-state index in [2.05, 4.69) is 30.2 Å². The Hall–Kier alpha value is -3.85. The number of hydrogen-bond donors (Lipinski definition) is 3. The number of aromatic nitrogens is 3. The van der Waals surface area contributed by atoms with Crippen molar-refractivity contribution in [2.75, 3.05) is 6.54 Å². The molecule has 8 nitrogen and oxygen atoms in total. The molecular weight excluding hydrogens is 412 g/mol. The summed E-state index contributed by atoms with van der Waals surface area (Å²) in [7, 11) is 0. The number of hydrogen-bond acceptors (Lipinski definition) is 7. The van der Waals surface area contributed by atoms with Gasteiger partial charge in [0.15, 0.2) is 0 Å². The van der Waals surface area contributed by atoms with E-state index in [1.165, 1.54) is 18.2 Å². The molecule has 0 saturated heterocycles. The van der Waals surface area contributed by atoms with E-state index < -0.39 is 0 Å². The quantitative estimate of drug-likeness (QED) is 0.403. The van der Waals surface area contributed by atoms with Gasteiger partial charge >= 0.3 is 0 Å². The summed E-state index contributed by atoms with van der Waals surface area (Å²) in [6.07, 6.45) is 6.74. The molecule has 3 heterocycles. The number of benzene rings is 2. The van der Waals surface area contributed by atoms with E-state index in [-0.39, 0.29) is 17.7 Å². The van der Waals surface area contributed by atoms with Crippen LogP contribution in [0.2, 0.25) is 0 Å². The third-order valence-corrected chi connectivity index (χ3v) is 5.76. The van der Waals surface area contributed by atoms with E-state index in [9.17, 15) is 4.79 Å². The lowest BCUT2D eigenvalue weighted by molar-refractivity contribution is -0.115. The molecule has 154 valence electrons. The molecular formula is C22H18N6O2S. The highest BCUT2D eigenvalue weighted by molar-refractivity contribution is 7.98. The van der Waals surface area contributed by atoms with Crippen molar-refractivity contribution in [3.8, 4) is 11.1 Å². The summed E-state index contributed by atoms with van der Waals surface area (Å²) in [4.78, 5) is 22.5.